The van der Waals surface area contributed by atoms with E-state index in [-0.39, 0.29) is 0 Å². The van der Waals surface area contributed by atoms with Crippen molar-refractivity contribution in [1.29, 1.82) is 0 Å². The molecular weight excluding hydrogens is 184 g/mol. The average molecular weight is 197 g/mol. The number of hydrogen-bond donors (Lipinski definition) is 0. The number of anilines is 1. The van der Waals surface area contributed by atoms with E-state index in [0.29, 0.717) is 0 Å². The van der Waals surface area contributed by atoms with E-state index in [1.807, 2.05) is 49.5 Å². The fraction of sp³-hybridized carbons (Fsp3) is 0.154. The molecule has 0 saturated carbocycles. The number of aromatic nitrogens is 1. The van der Waals surface area contributed by atoms with Gasteiger partial charge in [0.05, 0.1) is 0 Å². The summed E-state index contributed by atoms with van der Waals surface area (Å²) in [5, 5.41) is 0. The minimum absolute atomic E-state index is 0.969. The minimum atomic E-state index is 0.969. The first-order valence-electron chi connectivity index (χ1n) is 4.87. The molecule has 2 aromatic rings. The summed E-state index contributed by atoms with van der Waals surface area (Å²) in [4.78, 5) is 6.28. The fourth-order valence-corrected chi connectivity index (χ4v) is 1.42. The maximum Gasteiger partial charge on any atom is 0.128 e. The van der Waals surface area contributed by atoms with Gasteiger partial charge in [-0.1, -0.05) is 18.2 Å². The molecule has 2 rings (SSSR count). The molecule has 0 N–H and O–H groups in total. The molecule has 0 unspecified atom stereocenters. The Morgan fingerprint density at radius 1 is 1.20 bits per heavy atom. The lowest BCUT2D eigenvalue weighted by Gasteiger charge is -2.12. The lowest BCUT2D eigenvalue weighted by atomic mass is 10.1. The monoisotopic (exact) mass is 197 g/mol. The van der Waals surface area contributed by atoms with Gasteiger partial charge in [0.15, 0.2) is 0 Å². The van der Waals surface area contributed by atoms with E-state index in [1.54, 1.807) is 0 Å². The van der Waals surface area contributed by atoms with Crippen LogP contribution in [-0.4, -0.2) is 19.1 Å². The maximum atomic E-state index is 4.28. The number of pyridine rings is 1. The molecule has 1 heterocycles. The van der Waals surface area contributed by atoms with E-state index in [0.717, 1.165) is 5.82 Å². The van der Waals surface area contributed by atoms with Gasteiger partial charge in [-0.05, 0) is 35.4 Å². The van der Waals surface area contributed by atoms with E-state index in [4.69, 9.17) is 0 Å². The third-order valence-corrected chi connectivity index (χ3v) is 2.24. The molecule has 1 radical (unpaired) electrons. The van der Waals surface area contributed by atoms with Gasteiger partial charge < -0.3 is 4.90 Å². The maximum absolute atomic E-state index is 4.28. The van der Waals surface area contributed by atoms with Gasteiger partial charge in [-0.25, -0.2) is 4.98 Å². The van der Waals surface area contributed by atoms with Gasteiger partial charge in [-0.2, -0.15) is 0 Å². The summed E-state index contributed by atoms with van der Waals surface area (Å²) in [6, 6.07) is 15.1. The largest absolute Gasteiger partial charge is 0.363 e. The van der Waals surface area contributed by atoms with Crippen LogP contribution in [-0.2, 0) is 0 Å². The fourth-order valence-electron chi connectivity index (χ4n) is 1.42. The van der Waals surface area contributed by atoms with Crippen LogP contribution in [0.3, 0.4) is 0 Å². The number of nitrogens with zero attached hydrogens (tertiary/aromatic N) is 2. The first-order chi connectivity index (χ1) is 7.27. The molecule has 0 bridgehead atoms. The van der Waals surface area contributed by atoms with Crippen LogP contribution < -0.4 is 4.90 Å². The standard InChI is InChI=1S/C13H13N2/c1-15(2)13-10-12(8-9-14-13)11-6-4-3-5-7-11/h3-4,6-10H,1-2H3. The normalized spacial score (nSPS) is 10.0. The Morgan fingerprint density at radius 2 is 2.07 bits per heavy atom. The Balaban J connectivity index is 2.42. The molecule has 2 heteroatoms. The van der Waals surface area contributed by atoms with Crippen molar-refractivity contribution in [2.75, 3.05) is 19.0 Å². The molecule has 75 valence electrons. The summed E-state index contributed by atoms with van der Waals surface area (Å²) >= 11 is 0. The molecule has 0 aliphatic heterocycles. The van der Waals surface area contributed by atoms with Crippen LogP contribution in [0.2, 0.25) is 0 Å². The van der Waals surface area contributed by atoms with Gasteiger partial charge in [-0.15, -0.1) is 0 Å². The highest BCUT2D eigenvalue weighted by molar-refractivity contribution is 5.66. The minimum Gasteiger partial charge on any atom is -0.363 e. The highest BCUT2D eigenvalue weighted by Gasteiger charge is 2.00. The Hall–Kier alpha value is -1.83. The number of benzene rings is 1. The number of hydrogen-bond acceptors (Lipinski definition) is 2. The van der Waals surface area contributed by atoms with Crippen molar-refractivity contribution in [3.63, 3.8) is 0 Å². The lowest BCUT2D eigenvalue weighted by molar-refractivity contribution is 1.07. The third kappa shape index (κ3) is 2.15. The van der Waals surface area contributed by atoms with Gasteiger partial charge in [0.1, 0.15) is 5.82 Å². The molecule has 15 heavy (non-hydrogen) atoms. The van der Waals surface area contributed by atoms with Crippen LogP contribution >= 0.6 is 0 Å². The van der Waals surface area contributed by atoms with Crippen molar-refractivity contribution >= 4 is 5.82 Å². The average Bonchev–Trinajstić information content (AvgIpc) is 2.30. The highest BCUT2D eigenvalue weighted by Crippen LogP contribution is 2.21. The van der Waals surface area contributed by atoms with Crippen LogP contribution in [0.5, 0.6) is 0 Å². The third-order valence-electron chi connectivity index (χ3n) is 2.24. The predicted octanol–water partition coefficient (Wildman–Crippen LogP) is 2.61. The Bertz CT molecular complexity index is 435. The van der Waals surface area contributed by atoms with E-state index in [1.165, 1.54) is 11.1 Å². The van der Waals surface area contributed by atoms with Gasteiger partial charge in [-0.3, -0.25) is 0 Å². The zero-order valence-corrected chi connectivity index (χ0v) is 8.94. The topological polar surface area (TPSA) is 16.1 Å². The first-order valence-corrected chi connectivity index (χ1v) is 4.87. The van der Waals surface area contributed by atoms with Crippen LogP contribution in [0.25, 0.3) is 11.1 Å². The second kappa shape index (κ2) is 4.13. The van der Waals surface area contributed by atoms with Crippen LogP contribution in [0, 0.1) is 6.07 Å². The van der Waals surface area contributed by atoms with Crippen LogP contribution in [0.1, 0.15) is 0 Å². The van der Waals surface area contributed by atoms with E-state index in [9.17, 15) is 0 Å². The van der Waals surface area contributed by atoms with Gasteiger partial charge in [0, 0.05) is 20.3 Å². The Kier molecular flexibility index (Phi) is 2.68. The summed E-state index contributed by atoms with van der Waals surface area (Å²) in [6.45, 7) is 0. The summed E-state index contributed by atoms with van der Waals surface area (Å²) < 4.78 is 0. The lowest BCUT2D eigenvalue weighted by Crippen LogP contribution is -2.10. The van der Waals surface area contributed by atoms with E-state index >= 15 is 0 Å². The molecule has 2 nitrogen and oxygen atoms in total. The molecule has 0 spiro atoms. The zero-order chi connectivity index (χ0) is 10.7. The van der Waals surface area contributed by atoms with Crippen molar-refractivity contribution in [2.24, 2.45) is 0 Å². The summed E-state index contributed by atoms with van der Waals surface area (Å²) in [7, 11) is 3.98. The second-order valence-electron chi connectivity index (χ2n) is 3.59. The van der Waals surface area contributed by atoms with Crippen molar-refractivity contribution in [2.45, 2.75) is 0 Å². The van der Waals surface area contributed by atoms with E-state index in [2.05, 4.69) is 23.2 Å². The van der Waals surface area contributed by atoms with Crippen LogP contribution in [0.15, 0.2) is 42.6 Å². The number of rotatable bonds is 2. The summed E-state index contributed by atoms with van der Waals surface area (Å²) in [5.41, 5.74) is 2.34. The smallest absolute Gasteiger partial charge is 0.128 e. The molecule has 1 aromatic carbocycles. The SMILES string of the molecule is CN(C)c1cc(-c2c[c]ccc2)ccn1. The predicted molar refractivity (Wildman–Crippen MR) is 62.8 cm³/mol. The van der Waals surface area contributed by atoms with Gasteiger partial charge in [0.25, 0.3) is 0 Å². The second-order valence-corrected chi connectivity index (χ2v) is 3.59. The quantitative estimate of drug-likeness (QED) is 0.735. The van der Waals surface area contributed by atoms with Gasteiger partial charge in [0.2, 0.25) is 0 Å². The molecule has 0 aliphatic rings. The highest BCUT2D eigenvalue weighted by atomic mass is 15.1. The molecule has 0 fully saturated rings. The molecule has 0 aliphatic carbocycles. The molecular formula is C13H13N2. The van der Waals surface area contributed by atoms with Crippen molar-refractivity contribution < 1.29 is 0 Å². The Morgan fingerprint density at radius 3 is 2.73 bits per heavy atom. The molecule has 0 saturated heterocycles. The summed E-state index contributed by atoms with van der Waals surface area (Å²) in [5.74, 6) is 0.969. The Labute approximate surface area is 90.2 Å². The van der Waals surface area contributed by atoms with Crippen molar-refractivity contribution in [3.05, 3.63) is 48.7 Å². The summed E-state index contributed by atoms with van der Waals surface area (Å²) in [6.07, 6.45) is 1.83. The molecule has 0 amide bonds. The first kappa shape index (κ1) is 9.71. The van der Waals surface area contributed by atoms with Crippen molar-refractivity contribution in [3.8, 4) is 11.1 Å². The van der Waals surface area contributed by atoms with Gasteiger partial charge >= 0.3 is 0 Å². The van der Waals surface area contributed by atoms with Crippen molar-refractivity contribution in [1.82, 2.24) is 4.98 Å². The molecule has 1 aromatic heterocycles. The molecule has 0 atom stereocenters. The zero-order valence-electron chi connectivity index (χ0n) is 8.94. The van der Waals surface area contributed by atoms with Crippen LogP contribution in [0.4, 0.5) is 5.82 Å². The van der Waals surface area contributed by atoms with E-state index < -0.39 is 0 Å².